The third kappa shape index (κ3) is 5.02. The van der Waals surface area contributed by atoms with E-state index in [1.54, 1.807) is 18.3 Å². The molecule has 8 nitrogen and oxygen atoms in total. The van der Waals surface area contributed by atoms with E-state index in [4.69, 9.17) is 13.6 Å². The van der Waals surface area contributed by atoms with Crippen molar-refractivity contribution in [2.45, 2.75) is 25.9 Å². The number of piperidine rings is 1. The average Bonchev–Trinajstić information content (AvgIpc) is 2.68. The van der Waals surface area contributed by atoms with Crippen molar-refractivity contribution in [2.75, 3.05) is 13.1 Å². The Hall–Kier alpha value is -2.47. The van der Waals surface area contributed by atoms with Crippen LogP contribution in [0.4, 0.5) is 4.79 Å². The SMILES string of the molecule is CC(=[As]Oc1ccc(OC2CCN(C(=O)O)CC2)nn1)c1cccnc1. The number of rotatable bonds is 5. The van der Waals surface area contributed by atoms with Crippen molar-refractivity contribution in [3.8, 4) is 11.8 Å². The van der Waals surface area contributed by atoms with Crippen LogP contribution in [0.25, 0.3) is 0 Å². The zero-order valence-electron chi connectivity index (χ0n) is 14.3. The van der Waals surface area contributed by atoms with Crippen LogP contribution in [0.2, 0.25) is 0 Å². The van der Waals surface area contributed by atoms with E-state index in [1.165, 1.54) is 4.90 Å². The van der Waals surface area contributed by atoms with E-state index < -0.39 is 21.7 Å². The Balaban J connectivity index is 1.52. The molecule has 1 aliphatic heterocycles. The molecule has 1 N–H and O–H groups in total. The van der Waals surface area contributed by atoms with Gasteiger partial charge in [0.15, 0.2) is 0 Å². The number of nitrogens with zero attached hydrogens (tertiary/aromatic N) is 4. The normalized spacial score (nSPS) is 15.6. The first-order valence-electron chi connectivity index (χ1n) is 8.22. The number of hydrogen-bond acceptors (Lipinski definition) is 6. The average molecular weight is 418 g/mol. The third-order valence-corrected chi connectivity index (χ3v) is 5.67. The predicted octanol–water partition coefficient (Wildman–Crippen LogP) is 1.63. The molecule has 1 saturated heterocycles. The number of pyridine rings is 1. The van der Waals surface area contributed by atoms with Crippen LogP contribution in [0, 0.1) is 0 Å². The number of hydrogen-bond donors (Lipinski definition) is 1. The van der Waals surface area contributed by atoms with Crippen LogP contribution in [0.15, 0.2) is 36.7 Å². The summed E-state index contributed by atoms with van der Waals surface area (Å²) in [5.41, 5.74) is 1.06. The molecule has 0 radical (unpaired) electrons. The fourth-order valence-corrected chi connectivity index (χ4v) is 3.69. The van der Waals surface area contributed by atoms with Gasteiger partial charge in [0, 0.05) is 0 Å². The summed E-state index contributed by atoms with van der Waals surface area (Å²) >= 11 is -0.505. The molecule has 26 heavy (non-hydrogen) atoms. The topological polar surface area (TPSA) is 97.7 Å². The molecule has 9 heteroatoms. The maximum absolute atomic E-state index is 10.9. The molecule has 2 aromatic rings. The molecule has 1 aliphatic rings. The van der Waals surface area contributed by atoms with E-state index in [1.807, 2.05) is 25.3 Å². The van der Waals surface area contributed by atoms with E-state index in [0.29, 0.717) is 37.7 Å². The zero-order valence-corrected chi connectivity index (χ0v) is 16.2. The molecule has 1 amide bonds. The number of carboxylic acid groups (broad SMARTS) is 1. The first kappa shape index (κ1) is 18.3. The van der Waals surface area contributed by atoms with Crippen molar-refractivity contribution < 1.29 is 18.4 Å². The summed E-state index contributed by atoms with van der Waals surface area (Å²) in [7, 11) is 0. The third-order valence-electron chi connectivity index (χ3n) is 3.97. The number of aromatic nitrogens is 3. The van der Waals surface area contributed by atoms with Gasteiger partial charge in [-0.2, -0.15) is 0 Å². The molecule has 3 heterocycles. The van der Waals surface area contributed by atoms with Crippen LogP contribution in [-0.2, 0) is 0 Å². The Morgan fingerprint density at radius 1 is 1.23 bits per heavy atom. The molecule has 0 unspecified atom stereocenters. The monoisotopic (exact) mass is 418 g/mol. The Morgan fingerprint density at radius 2 is 1.96 bits per heavy atom. The maximum atomic E-state index is 10.9. The van der Waals surface area contributed by atoms with Gasteiger partial charge in [-0.1, -0.05) is 0 Å². The van der Waals surface area contributed by atoms with Crippen LogP contribution in [-0.4, -0.2) is 70.4 Å². The van der Waals surface area contributed by atoms with Crippen LogP contribution in [0.5, 0.6) is 11.8 Å². The minimum atomic E-state index is -0.883. The molecule has 2 aromatic heterocycles. The number of likely N-dealkylation sites (tertiary alicyclic amines) is 1. The van der Waals surface area contributed by atoms with Gasteiger partial charge in [0.25, 0.3) is 0 Å². The fourth-order valence-electron chi connectivity index (χ4n) is 2.50. The van der Waals surface area contributed by atoms with E-state index >= 15 is 0 Å². The summed E-state index contributed by atoms with van der Waals surface area (Å²) in [6, 6.07) is 7.36. The quantitative estimate of drug-likeness (QED) is 0.738. The number of ether oxygens (including phenoxy) is 1. The van der Waals surface area contributed by atoms with Gasteiger partial charge in [0.1, 0.15) is 0 Å². The first-order valence-corrected chi connectivity index (χ1v) is 9.92. The molecule has 0 spiro atoms. The van der Waals surface area contributed by atoms with Gasteiger partial charge < -0.3 is 0 Å². The van der Waals surface area contributed by atoms with Crippen LogP contribution >= 0.6 is 0 Å². The number of amides is 1. The molecule has 0 atom stereocenters. The van der Waals surface area contributed by atoms with E-state index in [0.717, 1.165) is 9.87 Å². The summed E-state index contributed by atoms with van der Waals surface area (Å²) in [4.78, 5) is 16.4. The van der Waals surface area contributed by atoms with Gasteiger partial charge in [-0.25, -0.2) is 0 Å². The van der Waals surface area contributed by atoms with Crippen LogP contribution in [0.3, 0.4) is 0 Å². The van der Waals surface area contributed by atoms with Crippen molar-refractivity contribution in [1.82, 2.24) is 20.1 Å². The van der Waals surface area contributed by atoms with E-state index in [-0.39, 0.29) is 6.10 Å². The van der Waals surface area contributed by atoms with Gasteiger partial charge in [0.05, 0.1) is 0 Å². The van der Waals surface area contributed by atoms with Crippen molar-refractivity contribution in [2.24, 2.45) is 0 Å². The second kappa shape index (κ2) is 8.76. The first-order chi connectivity index (χ1) is 12.6. The zero-order chi connectivity index (χ0) is 18.4. The fraction of sp³-hybridized carbons (Fsp3) is 0.353. The Labute approximate surface area is 157 Å². The molecule has 0 bridgehead atoms. The van der Waals surface area contributed by atoms with Crippen LogP contribution < -0.4 is 8.46 Å². The molecule has 0 saturated carbocycles. The van der Waals surface area contributed by atoms with Crippen molar-refractivity contribution in [3.05, 3.63) is 42.2 Å². The second-order valence-electron chi connectivity index (χ2n) is 5.81. The molecule has 3 rings (SSSR count). The Morgan fingerprint density at radius 3 is 2.58 bits per heavy atom. The summed E-state index contributed by atoms with van der Waals surface area (Å²) < 4.78 is 12.7. The predicted molar refractivity (Wildman–Crippen MR) is 95.7 cm³/mol. The van der Waals surface area contributed by atoms with Gasteiger partial charge >= 0.3 is 157 Å². The summed E-state index contributed by atoms with van der Waals surface area (Å²) in [5.74, 6) is 0.886. The Bertz CT molecular complexity index is 762. The molecule has 1 fully saturated rings. The van der Waals surface area contributed by atoms with Crippen LogP contribution in [0.1, 0.15) is 25.3 Å². The molecule has 136 valence electrons. The van der Waals surface area contributed by atoms with Gasteiger partial charge in [0.2, 0.25) is 0 Å². The van der Waals surface area contributed by atoms with Crippen molar-refractivity contribution in [3.63, 3.8) is 0 Å². The standard InChI is InChI=1S/C17H19AsN4O4/c1-12(13-3-2-8-19-11-13)18-26-16-5-4-15(20-21-16)25-14-6-9-22(10-7-14)17(23)24/h2-5,8,11,14H,6-7,9-10H2,1H3,(H,23,24). The van der Waals surface area contributed by atoms with Crippen molar-refractivity contribution >= 4 is 26.0 Å². The summed E-state index contributed by atoms with van der Waals surface area (Å²) in [6.07, 6.45) is 3.92. The summed E-state index contributed by atoms with van der Waals surface area (Å²) in [6.45, 7) is 2.97. The van der Waals surface area contributed by atoms with Gasteiger partial charge in [-0.15, -0.1) is 0 Å². The molecule has 0 aromatic carbocycles. The van der Waals surface area contributed by atoms with E-state index in [9.17, 15) is 4.79 Å². The second-order valence-corrected chi connectivity index (χ2v) is 7.98. The van der Waals surface area contributed by atoms with Gasteiger partial charge in [-0.3, -0.25) is 0 Å². The van der Waals surface area contributed by atoms with Gasteiger partial charge in [-0.05, 0) is 0 Å². The Kier molecular flexibility index (Phi) is 6.17. The number of carbonyl (C=O) groups is 1. The summed E-state index contributed by atoms with van der Waals surface area (Å²) in [5, 5.41) is 17.0. The van der Waals surface area contributed by atoms with E-state index in [2.05, 4.69) is 15.2 Å². The minimum absolute atomic E-state index is 0.0424. The molecule has 0 aliphatic carbocycles. The molecular formula is C17H19AsN4O4. The van der Waals surface area contributed by atoms with Crippen molar-refractivity contribution in [1.29, 1.82) is 0 Å². The molecular weight excluding hydrogens is 399 g/mol.